The first kappa shape index (κ1) is 15.6. The first-order valence-corrected chi connectivity index (χ1v) is 6.94. The lowest BCUT2D eigenvalue weighted by Crippen LogP contribution is -2.21. The highest BCUT2D eigenvalue weighted by molar-refractivity contribution is 6.00. The van der Waals surface area contributed by atoms with Crippen LogP contribution in [0.15, 0.2) is 48.5 Å². The number of amides is 1. The van der Waals surface area contributed by atoms with Gasteiger partial charge in [-0.25, -0.2) is 4.79 Å². The summed E-state index contributed by atoms with van der Waals surface area (Å²) in [6, 6.07) is 13.7. The van der Waals surface area contributed by atoms with Gasteiger partial charge in [0.15, 0.2) is 6.61 Å². The van der Waals surface area contributed by atoms with Crippen molar-refractivity contribution in [2.45, 2.75) is 13.3 Å². The molecule has 1 amide bonds. The molecular formula is C17H17NO4. The third-order valence-corrected chi connectivity index (χ3v) is 3.13. The summed E-state index contributed by atoms with van der Waals surface area (Å²) >= 11 is 0. The molecule has 0 aliphatic carbocycles. The van der Waals surface area contributed by atoms with E-state index in [2.05, 4.69) is 12.2 Å². The monoisotopic (exact) mass is 299 g/mol. The van der Waals surface area contributed by atoms with Gasteiger partial charge in [0.2, 0.25) is 0 Å². The molecule has 0 saturated heterocycles. The molecule has 2 rings (SSSR count). The van der Waals surface area contributed by atoms with E-state index in [1.165, 1.54) is 17.7 Å². The molecular weight excluding hydrogens is 282 g/mol. The molecule has 0 fully saturated rings. The van der Waals surface area contributed by atoms with E-state index in [4.69, 9.17) is 9.84 Å². The van der Waals surface area contributed by atoms with Gasteiger partial charge in [-0.05, 0) is 36.2 Å². The second kappa shape index (κ2) is 7.26. The van der Waals surface area contributed by atoms with Crippen LogP contribution in [0.2, 0.25) is 0 Å². The minimum Gasteiger partial charge on any atom is -0.484 e. The molecule has 0 aromatic heterocycles. The molecule has 22 heavy (non-hydrogen) atoms. The maximum Gasteiger partial charge on any atom is 0.337 e. The number of carboxylic acids is 1. The Bertz CT molecular complexity index is 665. The minimum atomic E-state index is -1.09. The van der Waals surface area contributed by atoms with E-state index in [0.29, 0.717) is 5.75 Å². The maximum atomic E-state index is 11.9. The Balaban J connectivity index is 1.94. The molecule has 0 atom stereocenters. The van der Waals surface area contributed by atoms with Crippen molar-refractivity contribution >= 4 is 17.6 Å². The van der Waals surface area contributed by atoms with Gasteiger partial charge in [-0.3, -0.25) is 4.79 Å². The van der Waals surface area contributed by atoms with Crippen molar-refractivity contribution in [2.75, 3.05) is 11.9 Å². The third-order valence-electron chi connectivity index (χ3n) is 3.13. The van der Waals surface area contributed by atoms with Crippen LogP contribution in [0.3, 0.4) is 0 Å². The Kier molecular flexibility index (Phi) is 5.14. The van der Waals surface area contributed by atoms with Crippen molar-refractivity contribution in [3.8, 4) is 5.75 Å². The van der Waals surface area contributed by atoms with Gasteiger partial charge in [0, 0.05) is 0 Å². The normalized spacial score (nSPS) is 10.0. The number of aryl methyl sites for hydroxylation is 1. The first-order chi connectivity index (χ1) is 10.6. The second-order valence-corrected chi connectivity index (χ2v) is 4.69. The number of carboxylic acid groups (broad SMARTS) is 1. The van der Waals surface area contributed by atoms with Gasteiger partial charge in [-0.1, -0.05) is 31.2 Å². The van der Waals surface area contributed by atoms with E-state index in [1.807, 2.05) is 12.1 Å². The van der Waals surface area contributed by atoms with Crippen LogP contribution < -0.4 is 10.1 Å². The number of rotatable bonds is 6. The van der Waals surface area contributed by atoms with Crippen LogP contribution in [0.1, 0.15) is 22.8 Å². The van der Waals surface area contributed by atoms with Gasteiger partial charge >= 0.3 is 5.97 Å². The van der Waals surface area contributed by atoms with Crippen molar-refractivity contribution in [3.63, 3.8) is 0 Å². The molecule has 114 valence electrons. The largest absolute Gasteiger partial charge is 0.484 e. The summed E-state index contributed by atoms with van der Waals surface area (Å²) in [7, 11) is 0. The minimum absolute atomic E-state index is 0.0446. The van der Waals surface area contributed by atoms with Gasteiger partial charge in [0.05, 0.1) is 11.3 Å². The van der Waals surface area contributed by atoms with Gasteiger partial charge < -0.3 is 15.2 Å². The number of ether oxygens (including phenoxy) is 1. The highest BCUT2D eigenvalue weighted by Gasteiger charge is 2.11. The molecule has 0 bridgehead atoms. The number of hydrogen-bond acceptors (Lipinski definition) is 3. The molecule has 0 saturated carbocycles. The molecule has 0 unspecified atom stereocenters. The Hall–Kier alpha value is -2.82. The van der Waals surface area contributed by atoms with Crippen molar-refractivity contribution in [3.05, 3.63) is 59.7 Å². The summed E-state index contributed by atoms with van der Waals surface area (Å²) in [5.41, 5.74) is 1.49. The topological polar surface area (TPSA) is 75.6 Å². The zero-order chi connectivity index (χ0) is 15.9. The molecule has 5 nitrogen and oxygen atoms in total. The molecule has 0 aliphatic heterocycles. The molecule has 0 spiro atoms. The zero-order valence-electron chi connectivity index (χ0n) is 12.2. The zero-order valence-corrected chi connectivity index (χ0v) is 12.2. The average molecular weight is 299 g/mol. The van der Waals surface area contributed by atoms with Gasteiger partial charge in [0.25, 0.3) is 5.91 Å². The number of anilines is 1. The van der Waals surface area contributed by atoms with Gasteiger partial charge in [-0.2, -0.15) is 0 Å². The van der Waals surface area contributed by atoms with E-state index in [9.17, 15) is 9.59 Å². The first-order valence-electron chi connectivity index (χ1n) is 6.94. The molecule has 0 aliphatic rings. The molecule has 2 aromatic carbocycles. The van der Waals surface area contributed by atoms with Crippen LogP contribution >= 0.6 is 0 Å². The quantitative estimate of drug-likeness (QED) is 0.860. The number of benzene rings is 2. The Morgan fingerprint density at radius 3 is 2.41 bits per heavy atom. The number of nitrogens with one attached hydrogen (secondary N) is 1. The van der Waals surface area contributed by atoms with Crippen LogP contribution in [0.5, 0.6) is 5.75 Å². The number of carbonyl (C=O) groups is 2. The lowest BCUT2D eigenvalue weighted by Gasteiger charge is -2.09. The van der Waals surface area contributed by atoms with Crippen molar-refractivity contribution in [2.24, 2.45) is 0 Å². The summed E-state index contributed by atoms with van der Waals surface area (Å²) in [4.78, 5) is 22.9. The lowest BCUT2D eigenvalue weighted by atomic mass is 10.2. The molecule has 0 heterocycles. The fourth-order valence-electron chi connectivity index (χ4n) is 1.94. The SMILES string of the molecule is CCc1ccc(OCC(=O)Nc2ccccc2C(=O)O)cc1. The molecule has 5 heteroatoms. The number of aromatic carboxylic acids is 1. The number of para-hydroxylation sites is 1. The summed E-state index contributed by atoms with van der Waals surface area (Å²) in [5, 5.41) is 11.6. The lowest BCUT2D eigenvalue weighted by molar-refractivity contribution is -0.118. The molecule has 0 radical (unpaired) electrons. The Morgan fingerprint density at radius 2 is 1.77 bits per heavy atom. The Labute approximate surface area is 128 Å². The molecule has 2 aromatic rings. The van der Waals surface area contributed by atoms with Crippen LogP contribution in [0.25, 0.3) is 0 Å². The predicted octanol–water partition coefficient (Wildman–Crippen LogP) is 2.96. The summed E-state index contributed by atoms with van der Waals surface area (Å²) in [5.74, 6) is -0.904. The second-order valence-electron chi connectivity index (χ2n) is 4.69. The van der Waals surface area contributed by atoms with Crippen molar-refractivity contribution in [1.82, 2.24) is 0 Å². The van der Waals surface area contributed by atoms with Crippen molar-refractivity contribution in [1.29, 1.82) is 0 Å². The van der Waals surface area contributed by atoms with Crippen LogP contribution in [0, 0.1) is 0 Å². The summed E-state index contributed by atoms with van der Waals surface area (Å²) < 4.78 is 5.38. The average Bonchev–Trinajstić information content (AvgIpc) is 2.53. The number of carbonyl (C=O) groups excluding carboxylic acids is 1. The summed E-state index contributed by atoms with van der Waals surface area (Å²) in [6.07, 6.45) is 0.937. The fourth-order valence-corrected chi connectivity index (χ4v) is 1.94. The van der Waals surface area contributed by atoms with Crippen molar-refractivity contribution < 1.29 is 19.4 Å². The highest BCUT2D eigenvalue weighted by Crippen LogP contribution is 2.15. The van der Waals surface area contributed by atoms with Gasteiger partial charge in [0.1, 0.15) is 5.75 Å². The van der Waals surface area contributed by atoms with Crippen LogP contribution in [-0.4, -0.2) is 23.6 Å². The van der Waals surface area contributed by atoms with Crippen LogP contribution in [-0.2, 0) is 11.2 Å². The van der Waals surface area contributed by atoms with E-state index in [0.717, 1.165) is 6.42 Å². The fraction of sp³-hybridized carbons (Fsp3) is 0.176. The van der Waals surface area contributed by atoms with E-state index in [1.54, 1.807) is 24.3 Å². The smallest absolute Gasteiger partial charge is 0.337 e. The van der Waals surface area contributed by atoms with E-state index in [-0.39, 0.29) is 17.9 Å². The van der Waals surface area contributed by atoms with Crippen LogP contribution in [0.4, 0.5) is 5.69 Å². The predicted molar refractivity (Wildman–Crippen MR) is 83.3 cm³/mol. The maximum absolute atomic E-state index is 11.9. The number of hydrogen-bond donors (Lipinski definition) is 2. The van der Waals surface area contributed by atoms with Gasteiger partial charge in [-0.15, -0.1) is 0 Å². The highest BCUT2D eigenvalue weighted by atomic mass is 16.5. The van der Waals surface area contributed by atoms with E-state index < -0.39 is 11.9 Å². The molecule has 2 N–H and O–H groups in total. The van der Waals surface area contributed by atoms with E-state index >= 15 is 0 Å². The standard InChI is InChI=1S/C17H17NO4/c1-2-12-7-9-13(10-8-12)22-11-16(19)18-15-6-4-3-5-14(15)17(20)21/h3-10H,2,11H2,1H3,(H,18,19)(H,20,21). The Morgan fingerprint density at radius 1 is 1.09 bits per heavy atom. The third kappa shape index (κ3) is 4.09. The summed E-state index contributed by atoms with van der Waals surface area (Å²) in [6.45, 7) is 1.88.